The van der Waals surface area contributed by atoms with Gasteiger partial charge in [-0.15, -0.1) is 0 Å². The summed E-state index contributed by atoms with van der Waals surface area (Å²) < 4.78 is 13.6. The number of hydrogen-bond donors (Lipinski definition) is 1. The first-order chi connectivity index (χ1) is 8.09. The Labute approximate surface area is 106 Å². The molecule has 86 valence electrons. The molecule has 0 fully saturated rings. The van der Waals surface area contributed by atoms with Crippen LogP contribution in [0.5, 0.6) is 0 Å². The standard InChI is InChI=1S/C13H9BrFNO/c14-10-7-11(15)12(16)6-9(10)13(17)8-4-2-1-3-5-8/h1-7H,16H2. The largest absolute Gasteiger partial charge is 0.396 e. The smallest absolute Gasteiger partial charge is 0.194 e. The molecule has 0 aliphatic carbocycles. The Hall–Kier alpha value is -1.68. The molecule has 0 spiro atoms. The first-order valence-electron chi connectivity index (χ1n) is 4.94. The van der Waals surface area contributed by atoms with Crippen molar-refractivity contribution in [1.29, 1.82) is 0 Å². The van der Waals surface area contributed by atoms with Crippen molar-refractivity contribution in [2.75, 3.05) is 5.73 Å². The first kappa shape index (κ1) is 11.8. The van der Waals surface area contributed by atoms with Gasteiger partial charge in [0.1, 0.15) is 5.82 Å². The Morgan fingerprint density at radius 2 is 1.82 bits per heavy atom. The number of ketones is 1. The van der Waals surface area contributed by atoms with Gasteiger partial charge in [0.15, 0.2) is 5.78 Å². The Morgan fingerprint density at radius 1 is 1.18 bits per heavy atom. The molecule has 0 aliphatic heterocycles. The minimum Gasteiger partial charge on any atom is -0.396 e. The molecule has 2 nitrogen and oxygen atoms in total. The van der Waals surface area contributed by atoms with Crippen molar-refractivity contribution in [2.45, 2.75) is 0 Å². The van der Waals surface area contributed by atoms with Gasteiger partial charge in [0.25, 0.3) is 0 Å². The fraction of sp³-hybridized carbons (Fsp3) is 0. The molecule has 0 aliphatic rings. The number of rotatable bonds is 2. The lowest BCUT2D eigenvalue weighted by Gasteiger charge is -2.06. The lowest BCUT2D eigenvalue weighted by Crippen LogP contribution is -2.04. The SMILES string of the molecule is Nc1cc(C(=O)c2ccccc2)c(Br)cc1F. The molecule has 17 heavy (non-hydrogen) atoms. The molecule has 2 aromatic carbocycles. The molecule has 0 aromatic heterocycles. The van der Waals surface area contributed by atoms with Crippen LogP contribution in [0.25, 0.3) is 0 Å². The molecule has 0 amide bonds. The zero-order chi connectivity index (χ0) is 12.4. The highest BCUT2D eigenvalue weighted by atomic mass is 79.9. The maximum atomic E-state index is 13.2. The lowest BCUT2D eigenvalue weighted by molar-refractivity contribution is 0.103. The van der Waals surface area contributed by atoms with Gasteiger partial charge in [0.2, 0.25) is 0 Å². The van der Waals surface area contributed by atoms with Crippen molar-refractivity contribution in [3.8, 4) is 0 Å². The third-order valence-corrected chi connectivity index (χ3v) is 3.02. The number of carbonyl (C=O) groups excluding carboxylic acids is 1. The predicted molar refractivity (Wildman–Crippen MR) is 68.4 cm³/mol. The van der Waals surface area contributed by atoms with Crippen LogP contribution >= 0.6 is 15.9 Å². The zero-order valence-electron chi connectivity index (χ0n) is 8.78. The Kier molecular flexibility index (Phi) is 3.24. The monoisotopic (exact) mass is 293 g/mol. The van der Waals surface area contributed by atoms with E-state index in [9.17, 15) is 9.18 Å². The number of nitrogens with two attached hydrogens (primary N) is 1. The summed E-state index contributed by atoms with van der Waals surface area (Å²) in [6.07, 6.45) is 0. The predicted octanol–water partition coefficient (Wildman–Crippen LogP) is 3.40. The Morgan fingerprint density at radius 3 is 2.47 bits per heavy atom. The minimum absolute atomic E-state index is 0.0347. The van der Waals surface area contributed by atoms with E-state index in [1.54, 1.807) is 24.3 Å². The lowest BCUT2D eigenvalue weighted by atomic mass is 10.0. The maximum Gasteiger partial charge on any atom is 0.194 e. The van der Waals surface area contributed by atoms with E-state index in [1.807, 2.05) is 6.07 Å². The van der Waals surface area contributed by atoms with Crippen molar-refractivity contribution in [3.63, 3.8) is 0 Å². The second kappa shape index (κ2) is 4.67. The van der Waals surface area contributed by atoms with Gasteiger partial charge in [-0.05, 0) is 28.1 Å². The van der Waals surface area contributed by atoms with E-state index in [2.05, 4.69) is 15.9 Å². The zero-order valence-corrected chi connectivity index (χ0v) is 10.4. The summed E-state index contributed by atoms with van der Waals surface area (Å²) in [6, 6.07) is 11.3. The molecular weight excluding hydrogens is 285 g/mol. The van der Waals surface area contributed by atoms with Crippen molar-refractivity contribution in [1.82, 2.24) is 0 Å². The normalized spacial score (nSPS) is 10.2. The van der Waals surface area contributed by atoms with Gasteiger partial charge in [0, 0.05) is 15.6 Å². The summed E-state index contributed by atoms with van der Waals surface area (Å²) in [7, 11) is 0. The minimum atomic E-state index is -0.540. The Balaban J connectivity index is 2.48. The van der Waals surface area contributed by atoms with Crippen LogP contribution in [0.15, 0.2) is 46.9 Å². The number of hydrogen-bond acceptors (Lipinski definition) is 2. The number of carbonyl (C=O) groups is 1. The van der Waals surface area contributed by atoms with Gasteiger partial charge < -0.3 is 5.73 Å². The molecule has 2 aromatic rings. The second-order valence-electron chi connectivity index (χ2n) is 3.55. The second-order valence-corrected chi connectivity index (χ2v) is 4.40. The molecule has 0 saturated carbocycles. The van der Waals surface area contributed by atoms with Gasteiger partial charge in [-0.2, -0.15) is 0 Å². The summed E-state index contributed by atoms with van der Waals surface area (Å²) in [5, 5.41) is 0. The molecule has 0 saturated heterocycles. The van der Waals surface area contributed by atoms with E-state index in [0.717, 1.165) is 0 Å². The molecule has 2 N–H and O–H groups in total. The molecule has 4 heteroatoms. The van der Waals surface area contributed by atoms with Crippen LogP contribution in [0.1, 0.15) is 15.9 Å². The van der Waals surface area contributed by atoms with Gasteiger partial charge in [-0.25, -0.2) is 4.39 Å². The average Bonchev–Trinajstić information content (AvgIpc) is 2.34. The van der Waals surface area contributed by atoms with Crippen LogP contribution in [-0.4, -0.2) is 5.78 Å². The van der Waals surface area contributed by atoms with Crippen molar-refractivity contribution in [2.24, 2.45) is 0 Å². The molecule has 0 radical (unpaired) electrons. The highest BCUT2D eigenvalue weighted by Crippen LogP contribution is 2.25. The van der Waals surface area contributed by atoms with E-state index >= 15 is 0 Å². The number of benzene rings is 2. The quantitative estimate of drug-likeness (QED) is 0.681. The summed E-state index contributed by atoms with van der Waals surface area (Å²) in [4.78, 5) is 12.1. The molecule has 0 heterocycles. The fourth-order valence-corrected chi connectivity index (χ4v) is 1.98. The van der Waals surface area contributed by atoms with E-state index in [-0.39, 0.29) is 11.5 Å². The first-order valence-corrected chi connectivity index (χ1v) is 5.73. The van der Waals surface area contributed by atoms with Crippen LogP contribution in [0.3, 0.4) is 0 Å². The maximum absolute atomic E-state index is 13.2. The topological polar surface area (TPSA) is 43.1 Å². The number of anilines is 1. The summed E-state index contributed by atoms with van der Waals surface area (Å²) in [5.41, 5.74) is 6.32. The highest BCUT2D eigenvalue weighted by Gasteiger charge is 2.14. The van der Waals surface area contributed by atoms with E-state index < -0.39 is 5.82 Å². The van der Waals surface area contributed by atoms with Crippen LogP contribution in [0.2, 0.25) is 0 Å². The van der Waals surface area contributed by atoms with Crippen molar-refractivity contribution >= 4 is 27.4 Å². The number of halogens is 2. The van der Waals surface area contributed by atoms with E-state index in [0.29, 0.717) is 15.6 Å². The van der Waals surface area contributed by atoms with Crippen LogP contribution in [0, 0.1) is 5.82 Å². The van der Waals surface area contributed by atoms with Crippen LogP contribution in [0.4, 0.5) is 10.1 Å². The third-order valence-electron chi connectivity index (χ3n) is 2.37. The molecule has 2 rings (SSSR count). The molecular formula is C13H9BrFNO. The molecule has 0 bridgehead atoms. The van der Waals surface area contributed by atoms with Crippen molar-refractivity contribution < 1.29 is 9.18 Å². The third kappa shape index (κ3) is 2.36. The van der Waals surface area contributed by atoms with Crippen molar-refractivity contribution in [3.05, 3.63) is 63.9 Å². The van der Waals surface area contributed by atoms with Gasteiger partial charge >= 0.3 is 0 Å². The van der Waals surface area contributed by atoms with Gasteiger partial charge in [-0.1, -0.05) is 30.3 Å². The van der Waals surface area contributed by atoms with E-state index in [1.165, 1.54) is 12.1 Å². The molecule has 0 unspecified atom stereocenters. The van der Waals surface area contributed by atoms with Gasteiger partial charge in [-0.3, -0.25) is 4.79 Å². The summed E-state index contributed by atoms with van der Waals surface area (Å²) in [6.45, 7) is 0. The van der Waals surface area contributed by atoms with Crippen LogP contribution < -0.4 is 5.73 Å². The highest BCUT2D eigenvalue weighted by molar-refractivity contribution is 9.10. The van der Waals surface area contributed by atoms with Crippen LogP contribution in [-0.2, 0) is 0 Å². The number of nitrogen functional groups attached to an aromatic ring is 1. The fourth-order valence-electron chi connectivity index (χ4n) is 1.48. The average molecular weight is 294 g/mol. The van der Waals surface area contributed by atoms with Gasteiger partial charge in [0.05, 0.1) is 5.69 Å². The summed E-state index contributed by atoms with van der Waals surface area (Å²) in [5.74, 6) is -0.731. The summed E-state index contributed by atoms with van der Waals surface area (Å²) >= 11 is 3.16. The molecule has 0 atom stereocenters. The Bertz CT molecular complexity index is 569. The van der Waals surface area contributed by atoms with E-state index in [4.69, 9.17) is 5.73 Å².